The second-order valence-electron chi connectivity index (χ2n) is 7.42. The first-order valence-corrected chi connectivity index (χ1v) is 9.52. The number of pyridine rings is 1. The summed E-state index contributed by atoms with van der Waals surface area (Å²) in [6.07, 6.45) is 7.77. The first kappa shape index (κ1) is 15.8. The predicted octanol–water partition coefficient (Wildman–Crippen LogP) is 2.80. The highest BCUT2D eigenvalue weighted by Crippen LogP contribution is 2.24. The van der Waals surface area contributed by atoms with Crippen molar-refractivity contribution in [2.75, 3.05) is 6.54 Å². The summed E-state index contributed by atoms with van der Waals surface area (Å²) in [5, 5.41) is 4.78. The van der Waals surface area contributed by atoms with E-state index < -0.39 is 0 Å². The molecule has 6 nitrogen and oxygen atoms in total. The molecule has 6 heteroatoms. The van der Waals surface area contributed by atoms with Crippen LogP contribution in [0.2, 0.25) is 0 Å². The number of fused-ring (bicyclic) bond motifs is 2. The first-order valence-electron chi connectivity index (χ1n) is 9.52. The second-order valence-corrected chi connectivity index (χ2v) is 7.42. The molecule has 0 atom stereocenters. The average Bonchev–Trinajstić information content (AvgIpc) is 3.24. The molecule has 0 unspecified atom stereocenters. The summed E-state index contributed by atoms with van der Waals surface area (Å²) >= 11 is 0. The number of hydrogen-bond acceptors (Lipinski definition) is 4. The molecule has 0 saturated carbocycles. The van der Waals surface area contributed by atoms with Gasteiger partial charge < -0.3 is 4.57 Å². The molecule has 0 fully saturated rings. The molecule has 134 valence electrons. The molecule has 0 N–H and O–H groups in total. The van der Waals surface area contributed by atoms with Crippen LogP contribution in [0, 0.1) is 6.92 Å². The monoisotopic (exact) mass is 348 g/mol. The number of hydrogen-bond donors (Lipinski definition) is 0. The van der Waals surface area contributed by atoms with Gasteiger partial charge in [0.1, 0.15) is 11.5 Å². The van der Waals surface area contributed by atoms with Gasteiger partial charge in [-0.1, -0.05) is 6.07 Å². The molecule has 0 bridgehead atoms. The predicted molar refractivity (Wildman–Crippen MR) is 99.5 cm³/mol. The maximum Gasteiger partial charge on any atom is 0.111 e. The molecule has 5 rings (SSSR count). The molecule has 2 aliphatic rings. The first-order chi connectivity index (χ1) is 12.8. The van der Waals surface area contributed by atoms with E-state index in [0.717, 1.165) is 50.5 Å². The fourth-order valence-corrected chi connectivity index (χ4v) is 4.10. The molecule has 0 amide bonds. The third-order valence-electron chi connectivity index (χ3n) is 5.47. The third-order valence-corrected chi connectivity index (χ3v) is 5.47. The maximum absolute atomic E-state index is 4.85. The second kappa shape index (κ2) is 6.36. The summed E-state index contributed by atoms with van der Waals surface area (Å²) in [5.74, 6) is 1.27. The van der Waals surface area contributed by atoms with Gasteiger partial charge in [0.05, 0.1) is 23.6 Å². The normalized spacial score (nSPS) is 17.1. The van der Waals surface area contributed by atoms with E-state index >= 15 is 0 Å². The average molecular weight is 348 g/mol. The number of imidazole rings is 1. The largest absolute Gasteiger partial charge is 0.335 e. The molecule has 26 heavy (non-hydrogen) atoms. The van der Waals surface area contributed by atoms with Gasteiger partial charge in [0.15, 0.2) is 0 Å². The zero-order valence-corrected chi connectivity index (χ0v) is 15.2. The van der Waals surface area contributed by atoms with Crippen molar-refractivity contribution in [3.8, 4) is 11.4 Å². The summed E-state index contributed by atoms with van der Waals surface area (Å²) in [6.45, 7) is 6.99. The standard InChI is InChI=1S/C20H24N6/c1-15-5-4-7-21-20(15)18-11-17-14-24(9-10-26(17)23-18)12-16-13-25-8-3-2-6-19(25)22-16/h4-5,7,11,13H,2-3,6,8-10,12,14H2,1H3. The van der Waals surface area contributed by atoms with Crippen molar-refractivity contribution in [3.05, 3.63) is 53.4 Å². The SMILES string of the molecule is Cc1cccnc1-c1cc2n(n1)CCN(Cc1cn3c(n1)CCCC3)C2. The van der Waals surface area contributed by atoms with E-state index in [0.29, 0.717) is 0 Å². The fraction of sp³-hybridized carbons (Fsp3) is 0.450. The van der Waals surface area contributed by atoms with E-state index in [1.54, 1.807) is 0 Å². The summed E-state index contributed by atoms with van der Waals surface area (Å²) in [7, 11) is 0. The third kappa shape index (κ3) is 2.84. The molecule has 2 aliphatic heterocycles. The van der Waals surface area contributed by atoms with Crippen molar-refractivity contribution < 1.29 is 0 Å². The lowest BCUT2D eigenvalue weighted by molar-refractivity contribution is 0.203. The Kier molecular flexibility index (Phi) is 3.85. The highest BCUT2D eigenvalue weighted by molar-refractivity contribution is 5.58. The van der Waals surface area contributed by atoms with Crippen LogP contribution in [0.15, 0.2) is 30.6 Å². The van der Waals surface area contributed by atoms with Gasteiger partial charge in [-0.3, -0.25) is 14.6 Å². The van der Waals surface area contributed by atoms with Crippen LogP contribution < -0.4 is 0 Å². The lowest BCUT2D eigenvalue weighted by Crippen LogP contribution is -2.33. The van der Waals surface area contributed by atoms with E-state index in [9.17, 15) is 0 Å². The van der Waals surface area contributed by atoms with Crippen LogP contribution in [0.5, 0.6) is 0 Å². The Morgan fingerprint density at radius 3 is 3.00 bits per heavy atom. The molecular formula is C20H24N6. The smallest absolute Gasteiger partial charge is 0.111 e. The van der Waals surface area contributed by atoms with Crippen LogP contribution in [-0.4, -0.2) is 35.8 Å². The van der Waals surface area contributed by atoms with Crippen molar-refractivity contribution in [2.45, 2.75) is 52.4 Å². The van der Waals surface area contributed by atoms with Crippen LogP contribution in [0.25, 0.3) is 11.4 Å². The topological polar surface area (TPSA) is 51.8 Å². The molecule has 5 heterocycles. The minimum Gasteiger partial charge on any atom is -0.335 e. The van der Waals surface area contributed by atoms with Gasteiger partial charge in [0.25, 0.3) is 0 Å². The summed E-state index contributed by atoms with van der Waals surface area (Å²) < 4.78 is 4.48. The Labute approximate surface area is 153 Å². The Bertz CT molecular complexity index is 914. The number of nitrogens with zero attached hydrogens (tertiary/aromatic N) is 6. The van der Waals surface area contributed by atoms with Gasteiger partial charge >= 0.3 is 0 Å². The van der Waals surface area contributed by atoms with Crippen molar-refractivity contribution in [3.63, 3.8) is 0 Å². The van der Waals surface area contributed by atoms with Crippen LogP contribution >= 0.6 is 0 Å². The minimum atomic E-state index is 0.918. The number of rotatable bonds is 3. The molecule has 3 aromatic rings. The molecule has 0 radical (unpaired) electrons. The Morgan fingerprint density at radius 2 is 2.12 bits per heavy atom. The summed E-state index contributed by atoms with van der Waals surface area (Å²) in [5.41, 5.74) is 5.61. The van der Waals surface area contributed by atoms with E-state index in [4.69, 9.17) is 10.1 Å². The van der Waals surface area contributed by atoms with Crippen molar-refractivity contribution in [1.82, 2.24) is 29.2 Å². The van der Waals surface area contributed by atoms with Crippen molar-refractivity contribution in [2.24, 2.45) is 0 Å². The molecule has 3 aromatic heterocycles. The van der Waals surface area contributed by atoms with Gasteiger partial charge in [0, 0.05) is 45.0 Å². The number of aromatic nitrogens is 5. The van der Waals surface area contributed by atoms with E-state index in [-0.39, 0.29) is 0 Å². The van der Waals surface area contributed by atoms with E-state index in [1.807, 2.05) is 12.3 Å². The van der Waals surface area contributed by atoms with Crippen molar-refractivity contribution >= 4 is 0 Å². The van der Waals surface area contributed by atoms with Gasteiger partial charge in [-0.15, -0.1) is 0 Å². The zero-order chi connectivity index (χ0) is 17.5. The molecule has 0 saturated heterocycles. The van der Waals surface area contributed by atoms with E-state index in [1.165, 1.54) is 35.6 Å². The fourth-order valence-electron chi connectivity index (χ4n) is 4.10. The Balaban J connectivity index is 1.34. The summed E-state index contributed by atoms with van der Waals surface area (Å²) in [4.78, 5) is 11.8. The van der Waals surface area contributed by atoms with Gasteiger partial charge in [-0.05, 0) is 37.5 Å². The number of aryl methyl sites for hydroxylation is 3. The lowest BCUT2D eigenvalue weighted by Gasteiger charge is -2.26. The highest BCUT2D eigenvalue weighted by Gasteiger charge is 2.21. The van der Waals surface area contributed by atoms with E-state index in [2.05, 4.69) is 44.4 Å². The quantitative estimate of drug-likeness (QED) is 0.730. The molecule has 0 spiro atoms. The maximum atomic E-state index is 4.85. The highest BCUT2D eigenvalue weighted by atomic mass is 15.3. The van der Waals surface area contributed by atoms with Gasteiger partial charge in [-0.2, -0.15) is 5.10 Å². The molecule has 0 aliphatic carbocycles. The Hall–Kier alpha value is -2.47. The lowest BCUT2D eigenvalue weighted by atomic mass is 10.1. The van der Waals surface area contributed by atoms with Crippen molar-refractivity contribution in [1.29, 1.82) is 0 Å². The molecular weight excluding hydrogens is 324 g/mol. The molecule has 0 aromatic carbocycles. The Morgan fingerprint density at radius 1 is 1.15 bits per heavy atom. The minimum absolute atomic E-state index is 0.918. The van der Waals surface area contributed by atoms with Gasteiger partial charge in [0.2, 0.25) is 0 Å². The van der Waals surface area contributed by atoms with Crippen LogP contribution in [-0.2, 0) is 32.6 Å². The summed E-state index contributed by atoms with van der Waals surface area (Å²) in [6, 6.07) is 6.26. The van der Waals surface area contributed by atoms with Crippen LogP contribution in [0.3, 0.4) is 0 Å². The zero-order valence-electron chi connectivity index (χ0n) is 15.2. The van der Waals surface area contributed by atoms with Crippen LogP contribution in [0.1, 0.15) is 35.6 Å². The van der Waals surface area contributed by atoms with Crippen LogP contribution in [0.4, 0.5) is 0 Å². The van der Waals surface area contributed by atoms with Gasteiger partial charge in [-0.25, -0.2) is 4.98 Å².